The summed E-state index contributed by atoms with van der Waals surface area (Å²) in [7, 11) is 0. The zero-order valence-electron chi connectivity index (χ0n) is 14.0. The van der Waals surface area contributed by atoms with E-state index in [1.54, 1.807) is 0 Å². The SMILES string of the molecule is Cc1ccc(-c2nccn2[C@H]2C[C@H]3CO[C@@H](CCO)CN3C2)nc1. The number of hydrogen-bond acceptors (Lipinski definition) is 5. The van der Waals surface area contributed by atoms with E-state index in [0.29, 0.717) is 12.1 Å². The largest absolute Gasteiger partial charge is 0.396 e. The topological polar surface area (TPSA) is 63.4 Å². The summed E-state index contributed by atoms with van der Waals surface area (Å²) < 4.78 is 8.15. The van der Waals surface area contributed by atoms with Gasteiger partial charge in [0.2, 0.25) is 0 Å². The van der Waals surface area contributed by atoms with Crippen LogP contribution in [0.25, 0.3) is 11.5 Å². The van der Waals surface area contributed by atoms with Gasteiger partial charge in [0.15, 0.2) is 5.82 Å². The van der Waals surface area contributed by atoms with Crippen molar-refractivity contribution in [2.75, 3.05) is 26.3 Å². The number of aryl methyl sites for hydroxylation is 1. The highest BCUT2D eigenvalue weighted by molar-refractivity contribution is 5.50. The molecule has 2 aliphatic rings. The van der Waals surface area contributed by atoms with Crippen molar-refractivity contribution in [1.29, 1.82) is 0 Å². The van der Waals surface area contributed by atoms with Gasteiger partial charge in [-0.2, -0.15) is 0 Å². The third-order valence-corrected chi connectivity index (χ3v) is 5.12. The maximum absolute atomic E-state index is 9.13. The molecule has 0 amide bonds. The minimum absolute atomic E-state index is 0.158. The molecule has 0 bridgehead atoms. The van der Waals surface area contributed by atoms with Crippen molar-refractivity contribution >= 4 is 0 Å². The molecule has 128 valence electrons. The molecular formula is C18H24N4O2. The lowest BCUT2D eigenvalue weighted by atomic mass is 10.1. The minimum atomic E-state index is 0.158. The van der Waals surface area contributed by atoms with E-state index in [2.05, 4.69) is 31.7 Å². The van der Waals surface area contributed by atoms with Crippen molar-refractivity contribution in [2.24, 2.45) is 0 Å². The summed E-state index contributed by atoms with van der Waals surface area (Å²) >= 11 is 0. The van der Waals surface area contributed by atoms with E-state index in [1.807, 2.05) is 25.4 Å². The summed E-state index contributed by atoms with van der Waals surface area (Å²) in [5.74, 6) is 0.938. The van der Waals surface area contributed by atoms with Gasteiger partial charge >= 0.3 is 0 Å². The standard InChI is InChI=1S/C18H24N4O2/c1-13-2-3-17(20-9-13)18-19-5-6-22(18)14-8-15-12-24-16(4-7-23)11-21(15)10-14/h2-3,5-6,9,14-16,23H,4,7-8,10-12H2,1H3/t14-,15-,16-/m0/s1. The van der Waals surface area contributed by atoms with Crippen LogP contribution >= 0.6 is 0 Å². The second-order valence-electron chi connectivity index (χ2n) is 6.84. The number of aliphatic hydroxyl groups excluding tert-OH is 1. The van der Waals surface area contributed by atoms with E-state index in [4.69, 9.17) is 9.84 Å². The fraction of sp³-hybridized carbons (Fsp3) is 0.556. The van der Waals surface area contributed by atoms with Crippen molar-refractivity contribution in [1.82, 2.24) is 19.4 Å². The maximum atomic E-state index is 9.13. The Kier molecular flexibility index (Phi) is 4.35. The molecule has 2 aliphatic heterocycles. The van der Waals surface area contributed by atoms with Gasteiger partial charge in [-0.1, -0.05) is 6.07 Å². The predicted molar refractivity (Wildman–Crippen MR) is 90.7 cm³/mol. The Morgan fingerprint density at radius 2 is 2.17 bits per heavy atom. The first-order chi connectivity index (χ1) is 11.7. The zero-order valence-corrected chi connectivity index (χ0v) is 14.0. The van der Waals surface area contributed by atoms with E-state index in [0.717, 1.165) is 49.6 Å². The lowest BCUT2D eigenvalue weighted by molar-refractivity contribution is -0.0567. The number of hydrogen-bond donors (Lipinski definition) is 1. The summed E-state index contributed by atoms with van der Waals surface area (Å²) in [5.41, 5.74) is 2.08. The van der Waals surface area contributed by atoms with E-state index < -0.39 is 0 Å². The van der Waals surface area contributed by atoms with Crippen LogP contribution in [0.4, 0.5) is 0 Å². The third-order valence-electron chi connectivity index (χ3n) is 5.12. The molecule has 2 saturated heterocycles. The average molecular weight is 328 g/mol. The zero-order chi connectivity index (χ0) is 16.5. The van der Waals surface area contributed by atoms with Crippen LogP contribution in [0.3, 0.4) is 0 Å². The van der Waals surface area contributed by atoms with Gasteiger partial charge in [0.1, 0.15) is 5.69 Å². The summed E-state index contributed by atoms with van der Waals surface area (Å²) in [6, 6.07) is 4.97. The number of morpholine rings is 1. The molecule has 0 saturated carbocycles. The lowest BCUT2D eigenvalue weighted by Gasteiger charge is -2.34. The second-order valence-corrected chi connectivity index (χ2v) is 6.84. The molecule has 24 heavy (non-hydrogen) atoms. The highest BCUT2D eigenvalue weighted by atomic mass is 16.5. The number of ether oxygens (including phenoxy) is 1. The molecule has 1 N–H and O–H groups in total. The van der Waals surface area contributed by atoms with Crippen LogP contribution < -0.4 is 0 Å². The van der Waals surface area contributed by atoms with Crippen molar-refractivity contribution < 1.29 is 9.84 Å². The Morgan fingerprint density at radius 3 is 2.96 bits per heavy atom. The molecule has 2 fully saturated rings. The van der Waals surface area contributed by atoms with Crippen LogP contribution in [0.1, 0.15) is 24.4 Å². The monoisotopic (exact) mass is 328 g/mol. The number of aliphatic hydroxyl groups is 1. The van der Waals surface area contributed by atoms with Gasteiger partial charge < -0.3 is 14.4 Å². The molecular weight excluding hydrogens is 304 g/mol. The van der Waals surface area contributed by atoms with E-state index in [-0.39, 0.29) is 12.7 Å². The third kappa shape index (κ3) is 2.97. The van der Waals surface area contributed by atoms with Gasteiger partial charge in [0, 0.05) is 50.4 Å². The molecule has 0 aliphatic carbocycles. The number of fused-ring (bicyclic) bond motifs is 1. The van der Waals surface area contributed by atoms with Gasteiger partial charge in [0.25, 0.3) is 0 Å². The molecule has 0 unspecified atom stereocenters. The summed E-state index contributed by atoms with van der Waals surface area (Å²) in [6.07, 6.45) is 7.76. The summed E-state index contributed by atoms with van der Waals surface area (Å²) in [4.78, 5) is 11.6. The van der Waals surface area contributed by atoms with Crippen molar-refractivity contribution in [2.45, 2.75) is 38.0 Å². The van der Waals surface area contributed by atoms with Gasteiger partial charge in [-0.25, -0.2) is 4.98 Å². The number of rotatable bonds is 4. The Morgan fingerprint density at radius 1 is 1.25 bits per heavy atom. The summed E-state index contributed by atoms with van der Waals surface area (Å²) in [6.45, 7) is 4.91. The summed E-state index contributed by atoms with van der Waals surface area (Å²) in [5, 5.41) is 9.13. The molecule has 6 nitrogen and oxygen atoms in total. The van der Waals surface area contributed by atoms with E-state index in [9.17, 15) is 0 Å². The van der Waals surface area contributed by atoms with Crippen molar-refractivity contribution in [3.63, 3.8) is 0 Å². The molecule has 2 aromatic rings. The normalized spacial score (nSPS) is 27.3. The minimum Gasteiger partial charge on any atom is -0.396 e. The van der Waals surface area contributed by atoms with Crippen molar-refractivity contribution in [3.8, 4) is 11.5 Å². The molecule has 0 spiro atoms. The Balaban J connectivity index is 1.52. The smallest absolute Gasteiger partial charge is 0.158 e. The van der Waals surface area contributed by atoms with Crippen LogP contribution in [0.5, 0.6) is 0 Å². The molecule has 0 aromatic carbocycles. The average Bonchev–Trinajstić information content (AvgIpc) is 3.21. The Hall–Kier alpha value is -1.76. The van der Waals surface area contributed by atoms with Crippen LogP contribution in [0.15, 0.2) is 30.7 Å². The first-order valence-electron chi connectivity index (χ1n) is 8.67. The second kappa shape index (κ2) is 6.63. The highest BCUT2D eigenvalue weighted by Crippen LogP contribution is 2.33. The predicted octanol–water partition coefficient (Wildman–Crippen LogP) is 1.65. The number of aromatic nitrogens is 3. The lowest BCUT2D eigenvalue weighted by Crippen LogP contribution is -2.46. The highest BCUT2D eigenvalue weighted by Gasteiger charge is 2.38. The fourth-order valence-corrected chi connectivity index (χ4v) is 3.84. The number of nitrogens with zero attached hydrogens (tertiary/aromatic N) is 4. The van der Waals surface area contributed by atoms with Gasteiger partial charge in [-0.15, -0.1) is 0 Å². The Labute approximate surface area is 142 Å². The molecule has 2 aromatic heterocycles. The molecule has 6 heteroatoms. The number of imidazole rings is 1. The fourth-order valence-electron chi connectivity index (χ4n) is 3.84. The quantitative estimate of drug-likeness (QED) is 0.925. The van der Waals surface area contributed by atoms with Crippen LogP contribution in [0.2, 0.25) is 0 Å². The molecule has 0 radical (unpaired) electrons. The first kappa shape index (κ1) is 15.7. The van der Waals surface area contributed by atoms with E-state index >= 15 is 0 Å². The number of pyridine rings is 1. The Bertz CT molecular complexity index is 685. The molecule has 4 rings (SSSR count). The van der Waals surface area contributed by atoms with Crippen LogP contribution in [-0.4, -0.2) is 63.0 Å². The van der Waals surface area contributed by atoms with Crippen molar-refractivity contribution in [3.05, 3.63) is 36.3 Å². The van der Waals surface area contributed by atoms with Gasteiger partial charge in [-0.3, -0.25) is 9.88 Å². The van der Waals surface area contributed by atoms with E-state index in [1.165, 1.54) is 0 Å². The van der Waals surface area contributed by atoms with Crippen LogP contribution in [-0.2, 0) is 4.74 Å². The first-order valence-corrected chi connectivity index (χ1v) is 8.67. The molecule has 3 atom stereocenters. The molecule has 4 heterocycles. The van der Waals surface area contributed by atoms with Gasteiger partial charge in [0.05, 0.1) is 12.7 Å². The van der Waals surface area contributed by atoms with Crippen LogP contribution in [0, 0.1) is 6.92 Å². The maximum Gasteiger partial charge on any atom is 0.158 e. The van der Waals surface area contributed by atoms with Gasteiger partial charge in [-0.05, 0) is 31.4 Å².